The zero-order chi connectivity index (χ0) is 18.9. The van der Waals surface area contributed by atoms with Gasteiger partial charge in [-0.2, -0.15) is 5.10 Å². The van der Waals surface area contributed by atoms with Gasteiger partial charge in [-0.25, -0.2) is 13.2 Å². The van der Waals surface area contributed by atoms with Gasteiger partial charge in [-0.3, -0.25) is 4.79 Å². The van der Waals surface area contributed by atoms with Crippen molar-refractivity contribution in [3.63, 3.8) is 0 Å². The number of sulfone groups is 1. The number of fused-ring (bicyclic) bond motifs is 1. The van der Waals surface area contributed by atoms with E-state index >= 15 is 0 Å². The number of piperazine rings is 1. The lowest BCUT2D eigenvalue weighted by Gasteiger charge is -2.44. The molecule has 9 nitrogen and oxygen atoms in total. The Labute approximate surface area is 152 Å². The van der Waals surface area contributed by atoms with E-state index in [0.29, 0.717) is 19.6 Å². The Morgan fingerprint density at radius 2 is 1.77 bits per heavy atom. The van der Waals surface area contributed by atoms with E-state index in [2.05, 4.69) is 10.2 Å². The maximum atomic E-state index is 12.8. The number of rotatable bonds is 3. The van der Waals surface area contributed by atoms with Crippen LogP contribution in [0, 0.1) is 0 Å². The van der Waals surface area contributed by atoms with Crippen molar-refractivity contribution in [2.24, 2.45) is 0 Å². The summed E-state index contributed by atoms with van der Waals surface area (Å²) in [7, 11) is -3.33. The molecule has 10 heteroatoms. The molecule has 3 rings (SSSR count). The average Bonchev–Trinajstić information content (AvgIpc) is 2.96. The van der Waals surface area contributed by atoms with Gasteiger partial charge in [0.25, 0.3) is 5.91 Å². The zero-order valence-electron chi connectivity index (χ0n) is 14.9. The van der Waals surface area contributed by atoms with Crippen LogP contribution in [0.15, 0.2) is 18.3 Å². The van der Waals surface area contributed by atoms with Crippen molar-refractivity contribution in [2.75, 3.05) is 37.7 Å². The zero-order valence-corrected chi connectivity index (χ0v) is 15.7. The first kappa shape index (κ1) is 18.6. The number of urea groups is 1. The number of carbonyl (C=O) groups is 2. The monoisotopic (exact) mass is 381 g/mol. The average molecular weight is 381 g/mol. The lowest BCUT2D eigenvalue weighted by atomic mass is 10.0. The van der Waals surface area contributed by atoms with Crippen molar-refractivity contribution in [3.05, 3.63) is 24.0 Å². The van der Waals surface area contributed by atoms with Crippen LogP contribution in [0.2, 0.25) is 0 Å². The third-order valence-electron chi connectivity index (χ3n) is 5.01. The number of hydrogen-bond acceptors (Lipinski definition) is 6. The molecule has 3 amide bonds. The van der Waals surface area contributed by atoms with Crippen molar-refractivity contribution in [3.8, 4) is 0 Å². The Morgan fingerprint density at radius 3 is 2.35 bits per heavy atom. The van der Waals surface area contributed by atoms with Gasteiger partial charge in [-0.1, -0.05) is 0 Å². The molecule has 0 N–H and O–H groups in total. The smallest absolute Gasteiger partial charge is 0.320 e. The molecular formula is C16H23N5O4S. The van der Waals surface area contributed by atoms with Crippen molar-refractivity contribution in [2.45, 2.75) is 25.9 Å². The van der Waals surface area contributed by atoms with E-state index in [1.807, 2.05) is 13.8 Å². The van der Waals surface area contributed by atoms with Crippen molar-refractivity contribution < 1.29 is 18.0 Å². The van der Waals surface area contributed by atoms with E-state index in [0.717, 1.165) is 0 Å². The van der Waals surface area contributed by atoms with Gasteiger partial charge in [0.05, 0.1) is 23.6 Å². The summed E-state index contributed by atoms with van der Waals surface area (Å²) < 4.78 is 24.5. The van der Waals surface area contributed by atoms with Gasteiger partial charge in [-0.05, 0) is 26.0 Å². The van der Waals surface area contributed by atoms with Gasteiger partial charge in [-0.15, -0.1) is 5.10 Å². The highest BCUT2D eigenvalue weighted by atomic mass is 32.2. The molecule has 2 fully saturated rings. The molecule has 1 aromatic heterocycles. The van der Waals surface area contributed by atoms with E-state index in [1.54, 1.807) is 21.9 Å². The second-order valence-electron chi connectivity index (χ2n) is 6.47. The number of nitrogens with zero attached hydrogens (tertiary/aromatic N) is 5. The largest absolute Gasteiger partial charge is 0.329 e. The van der Waals surface area contributed by atoms with Crippen LogP contribution in [-0.4, -0.2) is 95.0 Å². The molecule has 0 aliphatic carbocycles. The Kier molecular flexibility index (Phi) is 5.12. The van der Waals surface area contributed by atoms with Crippen LogP contribution >= 0.6 is 0 Å². The molecule has 26 heavy (non-hydrogen) atoms. The fourth-order valence-corrected chi connectivity index (χ4v) is 5.66. The Morgan fingerprint density at radius 1 is 1.15 bits per heavy atom. The Bertz CT molecular complexity index is 781. The summed E-state index contributed by atoms with van der Waals surface area (Å²) in [4.78, 5) is 30.4. The van der Waals surface area contributed by atoms with Gasteiger partial charge < -0.3 is 14.7 Å². The molecule has 0 bridgehead atoms. The first-order valence-electron chi connectivity index (χ1n) is 8.72. The third kappa shape index (κ3) is 3.37. The molecule has 2 saturated heterocycles. The molecule has 0 saturated carbocycles. The maximum absolute atomic E-state index is 12.8. The number of amides is 3. The first-order chi connectivity index (χ1) is 12.4. The SMILES string of the molecule is CCN(CC)C(=O)N1CCN(C(=O)c2cccnn2)[C@H]2CS(=O)(=O)C[C@H]21. The van der Waals surface area contributed by atoms with Crippen LogP contribution in [0.1, 0.15) is 24.3 Å². The van der Waals surface area contributed by atoms with Gasteiger partial charge in [0, 0.05) is 32.4 Å². The Hall–Kier alpha value is -2.23. The minimum absolute atomic E-state index is 0.116. The number of hydrogen-bond donors (Lipinski definition) is 0. The Balaban J connectivity index is 1.88. The van der Waals surface area contributed by atoms with Gasteiger partial charge >= 0.3 is 6.03 Å². The van der Waals surface area contributed by atoms with E-state index in [4.69, 9.17) is 0 Å². The van der Waals surface area contributed by atoms with E-state index < -0.39 is 21.9 Å². The molecular weight excluding hydrogens is 358 g/mol. The van der Waals surface area contributed by atoms with Crippen molar-refractivity contribution >= 4 is 21.8 Å². The highest BCUT2D eigenvalue weighted by Gasteiger charge is 2.50. The van der Waals surface area contributed by atoms with Crippen LogP contribution in [0.5, 0.6) is 0 Å². The second-order valence-corrected chi connectivity index (χ2v) is 8.62. The molecule has 3 heterocycles. The van der Waals surface area contributed by atoms with Crippen LogP contribution in [0.4, 0.5) is 4.79 Å². The predicted molar refractivity (Wildman–Crippen MR) is 94.3 cm³/mol. The highest BCUT2D eigenvalue weighted by Crippen LogP contribution is 2.28. The van der Waals surface area contributed by atoms with Crippen molar-refractivity contribution in [1.82, 2.24) is 24.9 Å². The summed E-state index contributed by atoms with van der Waals surface area (Å²) >= 11 is 0. The van der Waals surface area contributed by atoms with Crippen LogP contribution in [0.25, 0.3) is 0 Å². The summed E-state index contributed by atoms with van der Waals surface area (Å²) in [6.45, 7) is 5.46. The highest BCUT2D eigenvalue weighted by molar-refractivity contribution is 7.91. The summed E-state index contributed by atoms with van der Waals surface area (Å²) in [5, 5.41) is 7.55. The lowest BCUT2D eigenvalue weighted by molar-refractivity contribution is 0.0370. The topological polar surface area (TPSA) is 104 Å². The van der Waals surface area contributed by atoms with E-state index in [-0.39, 0.29) is 35.7 Å². The van der Waals surface area contributed by atoms with Crippen LogP contribution in [0.3, 0.4) is 0 Å². The molecule has 0 unspecified atom stereocenters. The van der Waals surface area contributed by atoms with Gasteiger partial charge in [0.15, 0.2) is 15.5 Å². The molecule has 2 aliphatic heterocycles. The van der Waals surface area contributed by atoms with Crippen molar-refractivity contribution in [1.29, 1.82) is 0 Å². The first-order valence-corrected chi connectivity index (χ1v) is 10.5. The number of carbonyl (C=O) groups excluding carboxylic acids is 2. The quantitative estimate of drug-likeness (QED) is 0.722. The van der Waals surface area contributed by atoms with Gasteiger partial charge in [0.2, 0.25) is 0 Å². The standard InChI is InChI=1S/C16H23N5O4S/c1-3-19(4-2)16(23)21-9-8-20(13-10-26(24,25)11-14(13)21)15(22)12-6-5-7-17-18-12/h5-7,13-14H,3-4,8-11H2,1-2H3/t13-,14+/m0/s1. The lowest BCUT2D eigenvalue weighted by Crippen LogP contribution is -2.63. The second kappa shape index (κ2) is 7.18. The minimum atomic E-state index is -3.33. The summed E-state index contributed by atoms with van der Waals surface area (Å²) in [5.41, 5.74) is 0.180. The van der Waals surface area contributed by atoms with Crippen LogP contribution < -0.4 is 0 Å². The van der Waals surface area contributed by atoms with Crippen LogP contribution in [-0.2, 0) is 9.84 Å². The normalized spacial score (nSPS) is 24.2. The summed E-state index contributed by atoms with van der Waals surface area (Å²) in [6.07, 6.45) is 1.47. The molecule has 2 atom stereocenters. The number of aromatic nitrogens is 2. The van der Waals surface area contributed by atoms with E-state index in [9.17, 15) is 18.0 Å². The van der Waals surface area contributed by atoms with Gasteiger partial charge in [0.1, 0.15) is 0 Å². The predicted octanol–water partition coefficient (Wildman–Crippen LogP) is -0.138. The fourth-order valence-electron chi connectivity index (χ4n) is 3.68. The molecule has 1 aromatic rings. The fraction of sp³-hybridized carbons (Fsp3) is 0.625. The third-order valence-corrected chi connectivity index (χ3v) is 6.71. The maximum Gasteiger partial charge on any atom is 0.320 e. The minimum Gasteiger partial charge on any atom is -0.329 e. The molecule has 0 radical (unpaired) electrons. The summed E-state index contributed by atoms with van der Waals surface area (Å²) in [6, 6.07) is 1.92. The molecule has 142 valence electrons. The van der Waals surface area contributed by atoms with E-state index in [1.165, 1.54) is 11.1 Å². The molecule has 2 aliphatic rings. The molecule has 0 spiro atoms. The summed E-state index contributed by atoms with van der Waals surface area (Å²) in [5.74, 6) is -0.596. The molecule has 0 aromatic carbocycles.